The molecule has 21 heavy (non-hydrogen) atoms. The molecule has 0 saturated heterocycles. The second kappa shape index (κ2) is 6.22. The van der Waals surface area contributed by atoms with Crippen LogP contribution in [-0.4, -0.2) is 7.05 Å². The van der Waals surface area contributed by atoms with E-state index in [1.807, 2.05) is 20.0 Å². The molecule has 1 aromatic carbocycles. The fourth-order valence-electron chi connectivity index (χ4n) is 1.89. The summed E-state index contributed by atoms with van der Waals surface area (Å²) in [6.45, 7) is 2.72. The number of furan rings is 1. The lowest BCUT2D eigenvalue weighted by molar-refractivity contribution is -0.137. The van der Waals surface area contributed by atoms with Gasteiger partial charge in [-0.05, 0) is 49.9 Å². The molecule has 0 aliphatic rings. The van der Waals surface area contributed by atoms with Crippen LogP contribution in [0, 0.1) is 6.92 Å². The minimum atomic E-state index is -4.33. The number of alkyl halides is 3. The number of benzene rings is 1. The summed E-state index contributed by atoms with van der Waals surface area (Å²) in [6.07, 6.45) is -4.33. The zero-order valence-corrected chi connectivity index (χ0v) is 11.8. The third-order valence-electron chi connectivity index (χ3n) is 2.97. The maximum absolute atomic E-state index is 12.4. The van der Waals surface area contributed by atoms with E-state index in [-0.39, 0.29) is 6.61 Å². The largest absolute Gasteiger partial charge is 0.486 e. The molecule has 114 valence electrons. The second-order valence-corrected chi connectivity index (χ2v) is 4.66. The van der Waals surface area contributed by atoms with Crippen molar-refractivity contribution < 1.29 is 22.3 Å². The van der Waals surface area contributed by atoms with Crippen molar-refractivity contribution in [3.63, 3.8) is 0 Å². The highest BCUT2D eigenvalue weighted by Crippen LogP contribution is 2.30. The maximum atomic E-state index is 12.4. The molecule has 2 rings (SSSR count). The number of aryl methyl sites for hydroxylation is 1. The van der Waals surface area contributed by atoms with E-state index in [9.17, 15) is 13.2 Å². The zero-order valence-electron chi connectivity index (χ0n) is 11.8. The number of halogens is 3. The van der Waals surface area contributed by atoms with E-state index < -0.39 is 11.7 Å². The van der Waals surface area contributed by atoms with Gasteiger partial charge < -0.3 is 14.5 Å². The van der Waals surface area contributed by atoms with E-state index in [2.05, 4.69) is 5.32 Å². The van der Waals surface area contributed by atoms with Crippen LogP contribution >= 0.6 is 0 Å². The Bertz CT molecular complexity index is 588. The van der Waals surface area contributed by atoms with Gasteiger partial charge in [0.1, 0.15) is 23.9 Å². The lowest BCUT2D eigenvalue weighted by atomic mass is 10.2. The number of hydrogen-bond donors (Lipinski definition) is 1. The van der Waals surface area contributed by atoms with Crippen LogP contribution in [0.2, 0.25) is 0 Å². The number of ether oxygens (including phenoxy) is 1. The van der Waals surface area contributed by atoms with Crippen LogP contribution in [0.1, 0.15) is 22.6 Å². The number of rotatable bonds is 5. The third-order valence-corrected chi connectivity index (χ3v) is 2.97. The summed E-state index contributed by atoms with van der Waals surface area (Å²) in [6, 6.07) is 6.45. The summed E-state index contributed by atoms with van der Waals surface area (Å²) < 4.78 is 48.3. The summed E-state index contributed by atoms with van der Waals surface area (Å²) in [7, 11) is 1.82. The fraction of sp³-hybridized carbons (Fsp3) is 0.333. The molecule has 1 N–H and O–H groups in total. The number of nitrogens with one attached hydrogen (secondary N) is 1. The molecule has 0 atom stereocenters. The first kappa shape index (κ1) is 15.4. The van der Waals surface area contributed by atoms with Gasteiger partial charge in [0.25, 0.3) is 0 Å². The molecular formula is C15H16F3NO2. The van der Waals surface area contributed by atoms with Crippen molar-refractivity contribution in [1.82, 2.24) is 5.32 Å². The standard InChI is InChI=1S/C15H16F3NO2/c1-10-7-13(21-14(10)8-19-2)9-20-12-5-3-11(4-6-12)15(16,17)18/h3-7,19H,8-9H2,1-2H3. The van der Waals surface area contributed by atoms with Gasteiger partial charge in [-0.25, -0.2) is 0 Å². The average Bonchev–Trinajstić information content (AvgIpc) is 2.77. The van der Waals surface area contributed by atoms with Crippen LogP contribution in [0.15, 0.2) is 34.7 Å². The molecule has 0 saturated carbocycles. The molecule has 0 radical (unpaired) electrons. The Morgan fingerprint density at radius 3 is 2.43 bits per heavy atom. The molecule has 0 bridgehead atoms. The Morgan fingerprint density at radius 1 is 1.19 bits per heavy atom. The first-order valence-electron chi connectivity index (χ1n) is 6.43. The minimum Gasteiger partial charge on any atom is -0.486 e. The molecule has 1 aromatic heterocycles. The van der Waals surface area contributed by atoms with Gasteiger partial charge in [0, 0.05) is 0 Å². The molecule has 3 nitrogen and oxygen atoms in total. The SMILES string of the molecule is CNCc1oc(COc2ccc(C(F)(F)F)cc2)cc1C. The van der Waals surface area contributed by atoms with Crippen LogP contribution in [0.25, 0.3) is 0 Å². The van der Waals surface area contributed by atoms with Crippen molar-refractivity contribution in [2.75, 3.05) is 7.05 Å². The van der Waals surface area contributed by atoms with Crippen LogP contribution in [0.5, 0.6) is 5.75 Å². The summed E-state index contributed by atoms with van der Waals surface area (Å²) >= 11 is 0. The normalized spacial score (nSPS) is 11.7. The molecule has 0 amide bonds. The van der Waals surface area contributed by atoms with Gasteiger partial charge >= 0.3 is 6.18 Å². The van der Waals surface area contributed by atoms with Crippen LogP contribution in [0.3, 0.4) is 0 Å². The Labute approximate surface area is 120 Å². The predicted octanol–water partition coefficient (Wildman–Crippen LogP) is 3.91. The predicted molar refractivity (Wildman–Crippen MR) is 72.0 cm³/mol. The Hall–Kier alpha value is -1.95. The van der Waals surface area contributed by atoms with Crippen molar-refractivity contribution in [3.05, 3.63) is 53.0 Å². The lowest BCUT2D eigenvalue weighted by Crippen LogP contribution is -2.05. The Balaban J connectivity index is 1.98. The Kier molecular flexibility index (Phi) is 4.57. The molecule has 0 spiro atoms. The van der Waals surface area contributed by atoms with Crippen molar-refractivity contribution >= 4 is 0 Å². The molecule has 1 heterocycles. The van der Waals surface area contributed by atoms with Gasteiger partial charge in [-0.15, -0.1) is 0 Å². The van der Waals surface area contributed by atoms with Crippen LogP contribution < -0.4 is 10.1 Å². The summed E-state index contributed by atoms with van der Waals surface area (Å²) in [5.41, 5.74) is 0.315. The van der Waals surface area contributed by atoms with Gasteiger partial charge in [0.2, 0.25) is 0 Å². The topological polar surface area (TPSA) is 34.4 Å². The summed E-state index contributed by atoms with van der Waals surface area (Å²) in [5.74, 6) is 1.83. The van der Waals surface area contributed by atoms with Gasteiger partial charge in [-0.2, -0.15) is 13.2 Å². The summed E-state index contributed by atoms with van der Waals surface area (Å²) in [5, 5.41) is 2.99. The van der Waals surface area contributed by atoms with E-state index in [1.165, 1.54) is 12.1 Å². The molecule has 0 aliphatic carbocycles. The van der Waals surface area contributed by atoms with E-state index in [0.717, 1.165) is 23.5 Å². The second-order valence-electron chi connectivity index (χ2n) is 4.66. The van der Waals surface area contributed by atoms with Crippen molar-refractivity contribution in [2.24, 2.45) is 0 Å². The summed E-state index contributed by atoms with van der Waals surface area (Å²) in [4.78, 5) is 0. The van der Waals surface area contributed by atoms with Gasteiger partial charge in [-0.3, -0.25) is 0 Å². The van der Waals surface area contributed by atoms with E-state index >= 15 is 0 Å². The Morgan fingerprint density at radius 2 is 1.86 bits per heavy atom. The van der Waals surface area contributed by atoms with E-state index in [0.29, 0.717) is 18.1 Å². The van der Waals surface area contributed by atoms with Crippen LogP contribution in [0.4, 0.5) is 13.2 Å². The number of hydrogen-bond acceptors (Lipinski definition) is 3. The van der Waals surface area contributed by atoms with Gasteiger partial charge in [0.15, 0.2) is 0 Å². The molecule has 0 fully saturated rings. The zero-order chi connectivity index (χ0) is 15.5. The monoisotopic (exact) mass is 299 g/mol. The molecule has 0 aliphatic heterocycles. The third kappa shape index (κ3) is 4.01. The highest BCUT2D eigenvalue weighted by Gasteiger charge is 2.30. The van der Waals surface area contributed by atoms with Crippen molar-refractivity contribution in [2.45, 2.75) is 26.3 Å². The van der Waals surface area contributed by atoms with Crippen molar-refractivity contribution in [1.29, 1.82) is 0 Å². The lowest BCUT2D eigenvalue weighted by Gasteiger charge is -2.08. The molecule has 0 unspecified atom stereocenters. The van der Waals surface area contributed by atoms with Gasteiger partial charge in [0.05, 0.1) is 12.1 Å². The highest BCUT2D eigenvalue weighted by molar-refractivity contribution is 5.29. The van der Waals surface area contributed by atoms with E-state index in [4.69, 9.17) is 9.15 Å². The fourth-order valence-corrected chi connectivity index (χ4v) is 1.89. The molecule has 2 aromatic rings. The minimum absolute atomic E-state index is 0.177. The average molecular weight is 299 g/mol. The maximum Gasteiger partial charge on any atom is 0.416 e. The molecule has 6 heteroatoms. The van der Waals surface area contributed by atoms with Gasteiger partial charge in [-0.1, -0.05) is 0 Å². The van der Waals surface area contributed by atoms with E-state index in [1.54, 1.807) is 0 Å². The molecular weight excluding hydrogens is 283 g/mol. The quantitative estimate of drug-likeness (QED) is 0.909. The van der Waals surface area contributed by atoms with Crippen LogP contribution in [-0.2, 0) is 19.3 Å². The highest BCUT2D eigenvalue weighted by atomic mass is 19.4. The van der Waals surface area contributed by atoms with Crippen molar-refractivity contribution in [3.8, 4) is 5.75 Å². The first-order valence-corrected chi connectivity index (χ1v) is 6.43. The smallest absolute Gasteiger partial charge is 0.416 e. The first-order chi connectivity index (χ1) is 9.90.